The lowest BCUT2D eigenvalue weighted by Gasteiger charge is -2.37. The van der Waals surface area contributed by atoms with E-state index in [2.05, 4.69) is 26.9 Å². The molecule has 0 radical (unpaired) electrons. The Hall–Kier alpha value is -2.20. The summed E-state index contributed by atoms with van der Waals surface area (Å²) < 4.78 is 28.3. The molecule has 9 heteroatoms. The zero-order chi connectivity index (χ0) is 21.1. The highest BCUT2D eigenvalue weighted by Crippen LogP contribution is 2.28. The van der Waals surface area contributed by atoms with Gasteiger partial charge in [0.2, 0.25) is 0 Å². The number of ether oxygens (including phenoxy) is 1. The maximum absolute atomic E-state index is 11.0. The summed E-state index contributed by atoms with van der Waals surface area (Å²) >= 11 is 1.55. The lowest BCUT2D eigenvalue weighted by molar-refractivity contribution is 0.243. The second-order valence-electron chi connectivity index (χ2n) is 7.44. The van der Waals surface area contributed by atoms with Crippen molar-refractivity contribution in [2.24, 2.45) is 5.73 Å². The fourth-order valence-corrected chi connectivity index (χ4v) is 5.26. The van der Waals surface area contributed by atoms with Crippen LogP contribution in [0.3, 0.4) is 0 Å². The van der Waals surface area contributed by atoms with Crippen molar-refractivity contribution in [2.45, 2.75) is 11.8 Å². The summed E-state index contributed by atoms with van der Waals surface area (Å²) in [4.78, 5) is 9.41. The fraction of sp³-hybridized carbons (Fsp3) is 0.381. The Bertz CT molecular complexity index is 1080. The third kappa shape index (κ3) is 4.92. The highest BCUT2D eigenvalue weighted by molar-refractivity contribution is 7.71. The van der Waals surface area contributed by atoms with E-state index in [9.17, 15) is 8.42 Å². The highest BCUT2D eigenvalue weighted by Gasteiger charge is 2.21. The summed E-state index contributed by atoms with van der Waals surface area (Å²) in [5.41, 5.74) is 9.31. The first-order chi connectivity index (χ1) is 14.5. The second kappa shape index (κ2) is 9.30. The molecule has 1 saturated heterocycles. The molecule has 30 heavy (non-hydrogen) atoms. The van der Waals surface area contributed by atoms with Crippen molar-refractivity contribution in [2.75, 3.05) is 44.7 Å². The molecular weight excluding hydrogens is 420 g/mol. The number of piperazine rings is 1. The minimum Gasteiger partial charge on any atom is -0.497 e. The average Bonchev–Trinajstić information content (AvgIpc) is 3.17. The Morgan fingerprint density at radius 3 is 2.70 bits per heavy atom. The number of anilines is 1. The Labute approximate surface area is 182 Å². The number of hydrogen-bond acceptors (Lipinski definition) is 8. The van der Waals surface area contributed by atoms with Gasteiger partial charge in [0.15, 0.2) is 0 Å². The molecule has 1 aliphatic rings. The van der Waals surface area contributed by atoms with E-state index in [1.54, 1.807) is 18.4 Å². The van der Waals surface area contributed by atoms with Crippen molar-refractivity contribution in [3.63, 3.8) is 0 Å². The molecule has 0 aliphatic carbocycles. The number of hydrogen-bond donors (Lipinski definition) is 2. The first-order valence-electron chi connectivity index (χ1n) is 9.90. The Morgan fingerprint density at radius 2 is 1.97 bits per heavy atom. The minimum atomic E-state index is -2.43. The van der Waals surface area contributed by atoms with E-state index in [-0.39, 0.29) is 11.8 Å². The molecular formula is C21H26N4O3S2. The summed E-state index contributed by atoms with van der Waals surface area (Å²) in [5, 5.41) is 0.892. The van der Waals surface area contributed by atoms with Crippen LogP contribution >= 0.6 is 11.3 Å². The molecule has 3 aromatic rings. The topological polar surface area (TPSA) is 88.8 Å². The van der Waals surface area contributed by atoms with Gasteiger partial charge in [-0.1, -0.05) is 12.1 Å². The van der Waals surface area contributed by atoms with Crippen LogP contribution in [-0.2, 0) is 16.5 Å². The summed E-state index contributed by atoms with van der Waals surface area (Å²) in [6.07, 6.45) is 0. The van der Waals surface area contributed by atoms with Crippen molar-refractivity contribution >= 4 is 37.9 Å². The molecule has 1 fully saturated rings. The number of nitrogens with zero attached hydrogens (tertiary/aromatic N) is 3. The maximum Gasteiger partial charge on any atom is 0.144 e. The monoisotopic (exact) mass is 446 g/mol. The van der Waals surface area contributed by atoms with Gasteiger partial charge in [0, 0.05) is 44.5 Å². The molecule has 2 N–H and O–H groups in total. The van der Waals surface area contributed by atoms with Crippen molar-refractivity contribution in [3.05, 3.63) is 53.0 Å². The molecule has 0 amide bonds. The van der Waals surface area contributed by atoms with Gasteiger partial charge in [-0.25, -0.2) is 13.4 Å². The van der Waals surface area contributed by atoms with Gasteiger partial charge >= 0.3 is 0 Å². The third-order valence-corrected chi connectivity index (χ3v) is 7.12. The number of thiol groups is 1. The molecule has 160 valence electrons. The van der Waals surface area contributed by atoms with E-state index in [1.807, 2.05) is 30.3 Å². The molecule has 0 spiro atoms. The first kappa shape index (κ1) is 21.0. The van der Waals surface area contributed by atoms with Gasteiger partial charge in [-0.15, -0.1) is 11.3 Å². The van der Waals surface area contributed by atoms with Gasteiger partial charge in [0.05, 0.1) is 29.1 Å². The predicted molar refractivity (Wildman–Crippen MR) is 122 cm³/mol. The molecule has 1 aliphatic heterocycles. The number of nitrogens with two attached hydrogens (primary N) is 1. The first-order valence-corrected chi connectivity index (χ1v) is 12.1. The minimum absolute atomic E-state index is 0.0577. The molecule has 2 aromatic carbocycles. The number of thiazole rings is 1. The van der Waals surface area contributed by atoms with Crippen molar-refractivity contribution < 1.29 is 13.2 Å². The van der Waals surface area contributed by atoms with Crippen LogP contribution in [0.4, 0.5) is 5.69 Å². The van der Waals surface area contributed by atoms with Crippen LogP contribution in [0.15, 0.2) is 42.5 Å². The van der Waals surface area contributed by atoms with Crippen LogP contribution < -0.4 is 15.4 Å². The van der Waals surface area contributed by atoms with Crippen LogP contribution in [0, 0.1) is 0 Å². The van der Waals surface area contributed by atoms with Crippen LogP contribution in [0.25, 0.3) is 10.2 Å². The lowest BCUT2D eigenvalue weighted by Crippen LogP contribution is -2.48. The Morgan fingerprint density at radius 1 is 1.17 bits per heavy atom. The quantitative estimate of drug-likeness (QED) is 0.538. The number of methoxy groups -OCH3 is 1. The van der Waals surface area contributed by atoms with Crippen molar-refractivity contribution in [1.29, 1.82) is 0 Å². The van der Waals surface area contributed by atoms with Crippen molar-refractivity contribution in [3.8, 4) is 5.75 Å². The maximum atomic E-state index is 11.0. The van der Waals surface area contributed by atoms with Crippen molar-refractivity contribution in [1.82, 2.24) is 9.88 Å². The fourth-order valence-electron chi connectivity index (χ4n) is 3.74. The van der Waals surface area contributed by atoms with Gasteiger partial charge in [-0.3, -0.25) is 4.90 Å². The smallest absolute Gasteiger partial charge is 0.144 e. The van der Waals surface area contributed by atoms with E-state index >= 15 is 0 Å². The van der Waals surface area contributed by atoms with Crippen LogP contribution in [0.2, 0.25) is 0 Å². The molecule has 2 heterocycles. The zero-order valence-corrected chi connectivity index (χ0v) is 18.6. The number of rotatable bonds is 7. The summed E-state index contributed by atoms with van der Waals surface area (Å²) in [6.45, 7) is 4.52. The van der Waals surface area contributed by atoms with E-state index in [4.69, 9.17) is 10.5 Å². The number of aromatic nitrogens is 1. The summed E-state index contributed by atoms with van der Waals surface area (Å²) in [5.74, 6) is 0.931. The molecule has 4 rings (SSSR count). The van der Waals surface area contributed by atoms with Crippen LogP contribution in [0.1, 0.15) is 16.6 Å². The van der Waals surface area contributed by atoms with Gasteiger partial charge < -0.3 is 15.4 Å². The van der Waals surface area contributed by atoms with Gasteiger partial charge in [-0.05, 0) is 29.8 Å². The molecule has 1 aromatic heterocycles. The predicted octanol–water partition coefficient (Wildman–Crippen LogP) is 2.24. The molecule has 1 unspecified atom stereocenters. The number of fused-ring (bicyclic) bond motifs is 1. The Balaban J connectivity index is 1.37. The number of benzene rings is 2. The molecule has 0 saturated carbocycles. The van der Waals surface area contributed by atoms with Gasteiger partial charge in [-0.2, -0.15) is 0 Å². The summed E-state index contributed by atoms with van der Waals surface area (Å²) in [6, 6.07) is 13.6. The third-order valence-electron chi connectivity index (χ3n) is 5.34. The van der Waals surface area contributed by atoms with Crippen LogP contribution in [0.5, 0.6) is 5.75 Å². The summed E-state index contributed by atoms with van der Waals surface area (Å²) in [7, 11) is -0.744. The molecule has 0 bridgehead atoms. The van der Waals surface area contributed by atoms with Gasteiger partial charge in [0.1, 0.15) is 21.5 Å². The lowest BCUT2D eigenvalue weighted by atomic mass is 10.2. The standard InChI is InChI=1S/C21H26N4O3S2/c1-28-17-4-2-3-16(12-17)25-9-7-24(8-10-25)13-18(22)21-23-19-6-5-15(14-30(26)27)11-20(19)29-21/h2-6,11-12,18,30H,7-10,13-14,22H2,1H3. The normalized spacial score (nSPS) is 16.3. The molecule has 7 nitrogen and oxygen atoms in total. The second-order valence-corrected chi connectivity index (χ2v) is 9.48. The van der Waals surface area contributed by atoms with E-state index < -0.39 is 10.7 Å². The highest BCUT2D eigenvalue weighted by atomic mass is 32.2. The largest absolute Gasteiger partial charge is 0.497 e. The molecule has 1 atom stereocenters. The van der Waals surface area contributed by atoms with E-state index in [0.29, 0.717) is 0 Å². The van der Waals surface area contributed by atoms with Crippen LogP contribution in [-0.4, -0.2) is 58.1 Å². The zero-order valence-electron chi connectivity index (χ0n) is 16.9. The SMILES string of the molecule is COc1cccc(N2CCN(CC(N)c3nc4ccc(C[SH](=O)=O)cc4s3)CC2)c1. The van der Waals surface area contributed by atoms with E-state index in [1.165, 1.54) is 5.69 Å². The van der Waals surface area contributed by atoms with Gasteiger partial charge in [0.25, 0.3) is 0 Å². The van der Waals surface area contributed by atoms with E-state index in [0.717, 1.165) is 59.3 Å². The average molecular weight is 447 g/mol. The Kier molecular flexibility index (Phi) is 6.52.